The van der Waals surface area contributed by atoms with Crippen molar-refractivity contribution in [2.45, 2.75) is 159 Å². The first-order chi connectivity index (χ1) is 31.6. The summed E-state index contributed by atoms with van der Waals surface area (Å²) in [4.78, 5) is 35.1. The van der Waals surface area contributed by atoms with Crippen molar-refractivity contribution in [3.63, 3.8) is 0 Å². The fraction of sp³-hybridized carbons (Fsp3) is 0.536. The Morgan fingerprint density at radius 3 is 1.45 bits per heavy atom. The summed E-state index contributed by atoms with van der Waals surface area (Å²) in [6.07, 6.45) is 14.7. The number of rotatable bonds is 9. The van der Waals surface area contributed by atoms with E-state index in [0.717, 1.165) is 49.6 Å². The lowest BCUT2D eigenvalue weighted by atomic mass is 9.95. The molecule has 3 N–H and O–H groups in total. The molecule has 0 aromatic heterocycles. The highest BCUT2D eigenvalue weighted by atomic mass is 16.2. The van der Waals surface area contributed by atoms with Crippen LogP contribution >= 0.6 is 0 Å². The second kappa shape index (κ2) is 24.9. The van der Waals surface area contributed by atoms with Crippen molar-refractivity contribution in [1.29, 1.82) is 0 Å². The molecule has 10 rings (SSSR count). The Morgan fingerprint density at radius 2 is 1.00 bits per heavy atom. The number of amides is 1. The van der Waals surface area contributed by atoms with Crippen LogP contribution in [0.15, 0.2) is 115 Å². The van der Waals surface area contributed by atoms with Gasteiger partial charge in [0.25, 0.3) is 5.91 Å². The summed E-state index contributed by atoms with van der Waals surface area (Å²) in [5.74, 6) is 0.532. The molecule has 6 bridgehead atoms. The number of anilines is 1. The smallest absolute Gasteiger partial charge is 0.253 e. The lowest BCUT2D eigenvalue weighted by Gasteiger charge is -2.43. The van der Waals surface area contributed by atoms with Crippen LogP contribution in [0.5, 0.6) is 0 Å². The van der Waals surface area contributed by atoms with Gasteiger partial charge in [-0.1, -0.05) is 105 Å². The first kappa shape index (κ1) is 50.0. The number of ketones is 1. The van der Waals surface area contributed by atoms with Crippen molar-refractivity contribution >= 4 is 17.4 Å². The first-order valence-electron chi connectivity index (χ1n) is 24.9. The summed E-state index contributed by atoms with van der Waals surface area (Å²) >= 11 is 0. The van der Waals surface area contributed by atoms with Gasteiger partial charge in [-0.3, -0.25) is 14.5 Å². The number of carbonyl (C=O) groups excluding carboxylic acids is 2. The molecule has 8 atom stereocenters. The topological polar surface area (TPSA) is 88.4 Å². The Bertz CT molecular complexity index is 1950. The molecule has 0 radical (unpaired) electrons. The monoisotopic (exact) mass is 884 g/mol. The van der Waals surface area contributed by atoms with E-state index in [0.29, 0.717) is 42.5 Å². The Hall–Kier alpha value is -4.38. The maximum Gasteiger partial charge on any atom is 0.253 e. The molecule has 4 aromatic carbocycles. The fourth-order valence-corrected chi connectivity index (χ4v) is 11.1. The molecule has 0 spiro atoms. The fourth-order valence-electron chi connectivity index (χ4n) is 11.1. The zero-order valence-corrected chi connectivity index (χ0v) is 40.8. The summed E-state index contributed by atoms with van der Waals surface area (Å²) in [6, 6.07) is 45.2. The highest BCUT2D eigenvalue weighted by Crippen LogP contribution is 2.39. The van der Waals surface area contributed by atoms with Gasteiger partial charge in [-0.25, -0.2) is 0 Å². The van der Waals surface area contributed by atoms with Crippen LogP contribution < -0.4 is 16.0 Å². The number of piperidine rings is 3. The third kappa shape index (κ3) is 13.8. The van der Waals surface area contributed by atoms with E-state index in [4.69, 9.17) is 5.73 Å². The summed E-state index contributed by atoms with van der Waals surface area (Å²) in [5.41, 5.74) is 11.2. The Balaban J connectivity index is 0.000000159. The van der Waals surface area contributed by atoms with Crippen LogP contribution in [-0.4, -0.2) is 115 Å². The van der Waals surface area contributed by atoms with Crippen molar-refractivity contribution in [3.8, 4) is 0 Å². The van der Waals surface area contributed by atoms with Crippen molar-refractivity contribution in [1.82, 2.24) is 24.9 Å². The molecule has 9 nitrogen and oxygen atoms in total. The second-order valence-electron chi connectivity index (χ2n) is 19.3. The number of hydrogen-bond acceptors (Lipinski definition) is 8. The highest BCUT2D eigenvalue weighted by Gasteiger charge is 2.41. The van der Waals surface area contributed by atoms with Gasteiger partial charge in [-0.15, -0.1) is 0 Å². The number of Topliss-reactive ketones (excluding diaryl/α,β-unsaturated/α-hetero) is 1. The average Bonchev–Trinajstić information content (AvgIpc) is 3.74. The third-order valence-corrected chi connectivity index (χ3v) is 15.1. The number of benzene rings is 4. The number of nitrogens with two attached hydrogens (primary N) is 1. The number of carbonyl (C=O) groups is 2. The van der Waals surface area contributed by atoms with E-state index in [-0.39, 0.29) is 5.91 Å². The molecule has 4 unspecified atom stereocenters. The van der Waals surface area contributed by atoms with Crippen LogP contribution in [-0.2, 0) is 24.4 Å². The predicted molar refractivity (Wildman–Crippen MR) is 270 cm³/mol. The quantitative estimate of drug-likeness (QED) is 0.172. The molecule has 65 heavy (non-hydrogen) atoms. The standard InChI is InChI=1S/C24H31N3O.C15H22N2.C8H13NO.C7H9N.C2H6/c1-25(2)24(28)19-9-11-20(12-10-19)27(17-18-7-5-4-6-8-18)23-15-21-13-14-22(16-23)26(21)3;1-17-14-7-8-15(17)10-13(9-14)16-11-12-5-3-2-4-6-12;1-9-6-2-3-7(9)5-8(10)4-6;8-6-7-4-2-1-3-5-7;1-2/h4-12,21-23H,13-17H2,1-3H3;2-6,13-16H,7-11H2,1H3;6-7H,2-5H2,1H3;1-5H,6,8H2;1-2H3/t21-,22+,23?;13?,14-,15+;;;. The second-order valence-corrected chi connectivity index (χ2v) is 19.3. The molecule has 6 saturated heterocycles. The molecule has 6 fully saturated rings. The minimum atomic E-state index is 0.0542. The van der Waals surface area contributed by atoms with Crippen LogP contribution in [0.2, 0.25) is 0 Å². The molecule has 6 heterocycles. The van der Waals surface area contributed by atoms with E-state index in [1.54, 1.807) is 19.0 Å². The third-order valence-electron chi connectivity index (χ3n) is 15.1. The van der Waals surface area contributed by atoms with Gasteiger partial charge in [0.15, 0.2) is 0 Å². The SMILES string of the molecule is CC.CN(C)C(=O)c1ccc(N(Cc2ccccc2)C2C[C@H]3CC[C@@H](C2)N3C)cc1.CN1C2CCC1CC(=O)C2.CN1[C@@H]2CC[C@H]1CC(NCc1ccccc1)C2.NCc1ccccc1. The Kier molecular flexibility index (Phi) is 19.2. The van der Waals surface area contributed by atoms with Gasteiger partial charge in [0.2, 0.25) is 0 Å². The van der Waals surface area contributed by atoms with Gasteiger partial charge in [-0.2, -0.15) is 0 Å². The normalized spacial score (nSPS) is 26.5. The lowest BCUT2D eigenvalue weighted by Crippen LogP contribution is -2.49. The van der Waals surface area contributed by atoms with Crippen molar-refractivity contribution in [2.24, 2.45) is 5.73 Å². The van der Waals surface area contributed by atoms with Crippen molar-refractivity contribution < 1.29 is 9.59 Å². The summed E-state index contributed by atoms with van der Waals surface area (Å²) in [7, 11) is 10.3. The molecular weight excluding hydrogens is 803 g/mol. The summed E-state index contributed by atoms with van der Waals surface area (Å²) in [5, 5.41) is 3.73. The van der Waals surface area contributed by atoms with Crippen LogP contribution in [0.3, 0.4) is 0 Å². The molecule has 352 valence electrons. The molecule has 0 aliphatic carbocycles. The average molecular weight is 884 g/mol. The van der Waals surface area contributed by atoms with Gasteiger partial charge < -0.3 is 30.7 Å². The van der Waals surface area contributed by atoms with Gasteiger partial charge in [0, 0.05) is 106 Å². The van der Waals surface area contributed by atoms with E-state index >= 15 is 0 Å². The van der Waals surface area contributed by atoms with Crippen molar-refractivity contribution in [2.75, 3.05) is 40.1 Å². The molecule has 0 saturated carbocycles. The Morgan fingerprint density at radius 1 is 0.585 bits per heavy atom. The zero-order valence-electron chi connectivity index (χ0n) is 40.8. The number of nitrogens with one attached hydrogen (secondary N) is 1. The van der Waals surface area contributed by atoms with E-state index in [1.807, 2.05) is 56.3 Å². The minimum Gasteiger partial charge on any atom is -0.364 e. The van der Waals surface area contributed by atoms with Crippen LogP contribution in [0.1, 0.15) is 118 Å². The summed E-state index contributed by atoms with van der Waals surface area (Å²) in [6.45, 7) is 6.57. The number of nitrogens with zero attached hydrogens (tertiary/aromatic N) is 5. The van der Waals surface area contributed by atoms with Crippen LogP contribution in [0, 0.1) is 0 Å². The molecule has 1 amide bonds. The first-order valence-corrected chi connectivity index (χ1v) is 24.9. The van der Waals surface area contributed by atoms with E-state index in [2.05, 4.69) is 119 Å². The van der Waals surface area contributed by atoms with Gasteiger partial charge in [0.1, 0.15) is 5.78 Å². The molecular formula is C56H81N7O2. The van der Waals surface area contributed by atoms with Crippen molar-refractivity contribution in [3.05, 3.63) is 138 Å². The van der Waals surface area contributed by atoms with E-state index < -0.39 is 0 Å². The molecule has 6 aliphatic rings. The highest BCUT2D eigenvalue weighted by molar-refractivity contribution is 5.94. The van der Waals surface area contributed by atoms with Crippen LogP contribution in [0.4, 0.5) is 5.69 Å². The number of fused-ring (bicyclic) bond motifs is 6. The largest absolute Gasteiger partial charge is 0.364 e. The van der Waals surface area contributed by atoms with Crippen LogP contribution in [0.25, 0.3) is 0 Å². The maximum absolute atomic E-state index is 12.3. The van der Waals surface area contributed by atoms with Gasteiger partial charge >= 0.3 is 0 Å². The van der Waals surface area contributed by atoms with Gasteiger partial charge in [-0.05, 0) is 126 Å². The van der Waals surface area contributed by atoms with Gasteiger partial charge in [0.05, 0.1) is 0 Å². The molecule has 4 aromatic rings. The zero-order chi connectivity index (χ0) is 46.3. The van der Waals surface area contributed by atoms with E-state index in [9.17, 15) is 9.59 Å². The lowest BCUT2D eigenvalue weighted by molar-refractivity contribution is -0.123. The van der Waals surface area contributed by atoms with E-state index in [1.165, 1.54) is 86.6 Å². The number of hydrogen-bond donors (Lipinski definition) is 2. The Labute approximate surface area is 392 Å². The molecule has 9 heteroatoms. The predicted octanol–water partition coefficient (Wildman–Crippen LogP) is 9.41. The summed E-state index contributed by atoms with van der Waals surface area (Å²) < 4.78 is 0. The molecule has 6 aliphatic heterocycles. The maximum atomic E-state index is 12.3. The minimum absolute atomic E-state index is 0.0542.